The molecule has 1 aliphatic heterocycles. The summed E-state index contributed by atoms with van der Waals surface area (Å²) in [6.45, 7) is 2.43. The average molecular weight is 363 g/mol. The largest absolute Gasteiger partial charge is 0.464 e. The molecule has 0 radical (unpaired) electrons. The van der Waals surface area contributed by atoms with Crippen molar-refractivity contribution >= 4 is 15.7 Å². The first kappa shape index (κ1) is 16.4. The van der Waals surface area contributed by atoms with E-state index in [0.29, 0.717) is 24.0 Å². The molecule has 3 unspecified atom stereocenters. The lowest BCUT2D eigenvalue weighted by Crippen LogP contribution is -2.40. The summed E-state index contributed by atoms with van der Waals surface area (Å²) in [5.41, 5.74) is 0. The first-order valence-corrected chi connectivity index (χ1v) is 10.4. The van der Waals surface area contributed by atoms with Crippen LogP contribution in [-0.2, 0) is 16.4 Å². The number of carbonyl (C=O) groups excluding carboxylic acids is 1. The monoisotopic (exact) mass is 363 g/mol. The van der Waals surface area contributed by atoms with Gasteiger partial charge in [-0.1, -0.05) is 6.92 Å². The molecule has 1 aliphatic carbocycles. The summed E-state index contributed by atoms with van der Waals surface area (Å²) in [5.74, 6) is 2.76. The van der Waals surface area contributed by atoms with Gasteiger partial charge in [0.05, 0.1) is 24.3 Å². The van der Waals surface area contributed by atoms with Crippen molar-refractivity contribution in [3.63, 3.8) is 0 Å². The van der Waals surface area contributed by atoms with E-state index in [2.05, 4.69) is 6.92 Å². The lowest BCUT2D eigenvalue weighted by molar-refractivity contribution is 0.0632. The second-order valence-electron chi connectivity index (χ2n) is 7.09. The van der Waals surface area contributed by atoms with Gasteiger partial charge >= 0.3 is 0 Å². The highest BCUT2D eigenvalue weighted by molar-refractivity contribution is 7.91. The van der Waals surface area contributed by atoms with Gasteiger partial charge < -0.3 is 13.7 Å². The Balaban J connectivity index is 1.56. The summed E-state index contributed by atoms with van der Waals surface area (Å²) in [6, 6.07) is 6.74. The van der Waals surface area contributed by atoms with Crippen molar-refractivity contribution in [1.29, 1.82) is 0 Å². The highest BCUT2D eigenvalue weighted by Gasteiger charge is 2.38. The molecule has 4 rings (SSSR count). The second-order valence-corrected chi connectivity index (χ2v) is 9.32. The molecule has 0 aromatic carbocycles. The van der Waals surface area contributed by atoms with E-state index in [9.17, 15) is 13.2 Å². The van der Waals surface area contributed by atoms with Crippen LogP contribution in [0.1, 0.15) is 47.8 Å². The third-order valence-corrected chi connectivity index (χ3v) is 6.88. The second kappa shape index (κ2) is 6.05. The van der Waals surface area contributed by atoms with Crippen molar-refractivity contribution in [2.75, 3.05) is 11.5 Å². The van der Waals surface area contributed by atoms with Crippen molar-refractivity contribution in [3.8, 4) is 0 Å². The molecule has 2 aromatic rings. The van der Waals surface area contributed by atoms with E-state index >= 15 is 0 Å². The van der Waals surface area contributed by atoms with Gasteiger partial charge in [-0.25, -0.2) is 8.42 Å². The fraction of sp³-hybridized carbons (Fsp3) is 0.500. The van der Waals surface area contributed by atoms with Crippen LogP contribution in [-0.4, -0.2) is 36.8 Å². The van der Waals surface area contributed by atoms with Gasteiger partial charge in [-0.3, -0.25) is 4.79 Å². The van der Waals surface area contributed by atoms with E-state index in [1.807, 2.05) is 12.1 Å². The van der Waals surface area contributed by atoms with Crippen molar-refractivity contribution in [2.45, 2.75) is 38.3 Å². The van der Waals surface area contributed by atoms with Crippen LogP contribution in [0.15, 0.2) is 39.4 Å². The van der Waals surface area contributed by atoms with E-state index in [0.717, 1.165) is 12.2 Å². The van der Waals surface area contributed by atoms with Crippen LogP contribution in [0.3, 0.4) is 0 Å². The van der Waals surface area contributed by atoms with E-state index in [1.54, 1.807) is 17.0 Å². The molecule has 2 aliphatic rings. The molecule has 134 valence electrons. The molecular formula is C18H21NO5S. The summed E-state index contributed by atoms with van der Waals surface area (Å²) in [6.07, 6.45) is 3.02. The van der Waals surface area contributed by atoms with E-state index in [4.69, 9.17) is 8.83 Å². The quantitative estimate of drug-likeness (QED) is 0.816. The van der Waals surface area contributed by atoms with E-state index < -0.39 is 9.84 Å². The lowest BCUT2D eigenvalue weighted by Gasteiger charge is -2.26. The number of amides is 1. The molecule has 1 amide bonds. The Bertz CT molecular complexity index is 867. The fourth-order valence-corrected chi connectivity index (χ4v) is 5.23. The zero-order valence-corrected chi connectivity index (χ0v) is 14.9. The molecule has 2 aromatic heterocycles. The highest BCUT2D eigenvalue weighted by Crippen LogP contribution is 2.47. The molecule has 0 bridgehead atoms. The molecule has 3 heterocycles. The minimum Gasteiger partial charge on any atom is -0.464 e. The molecule has 2 fully saturated rings. The summed E-state index contributed by atoms with van der Waals surface area (Å²) in [4.78, 5) is 14.4. The summed E-state index contributed by atoms with van der Waals surface area (Å²) >= 11 is 0. The maximum atomic E-state index is 12.8. The minimum atomic E-state index is -3.10. The predicted molar refractivity (Wildman–Crippen MR) is 90.9 cm³/mol. The molecule has 1 saturated heterocycles. The molecule has 6 nitrogen and oxygen atoms in total. The van der Waals surface area contributed by atoms with Crippen molar-refractivity contribution in [1.82, 2.24) is 4.90 Å². The molecule has 25 heavy (non-hydrogen) atoms. The fourth-order valence-electron chi connectivity index (χ4n) is 3.49. The Hall–Kier alpha value is -2.02. The SMILES string of the molecule is CC1CC1c1ccc(CN(C(=O)c2ccco2)C2CCS(=O)(=O)C2)o1. The van der Waals surface area contributed by atoms with Crippen LogP contribution in [0.5, 0.6) is 0 Å². The lowest BCUT2D eigenvalue weighted by atomic mass is 10.2. The van der Waals surface area contributed by atoms with Gasteiger partial charge in [0.15, 0.2) is 15.6 Å². The molecule has 0 spiro atoms. The van der Waals surface area contributed by atoms with Crippen molar-refractivity contribution in [3.05, 3.63) is 47.8 Å². The first-order valence-electron chi connectivity index (χ1n) is 8.56. The Morgan fingerprint density at radius 3 is 2.72 bits per heavy atom. The Labute approximate surface area is 146 Å². The van der Waals surface area contributed by atoms with Gasteiger partial charge in [-0.05, 0) is 43.0 Å². The van der Waals surface area contributed by atoms with Gasteiger partial charge in [-0.2, -0.15) is 0 Å². The number of rotatable bonds is 5. The number of furan rings is 2. The highest BCUT2D eigenvalue weighted by atomic mass is 32.2. The molecule has 7 heteroatoms. The zero-order chi connectivity index (χ0) is 17.6. The number of nitrogens with zero attached hydrogens (tertiary/aromatic N) is 1. The van der Waals surface area contributed by atoms with Crippen LogP contribution in [0.4, 0.5) is 0 Å². The van der Waals surface area contributed by atoms with Crippen LogP contribution in [0.25, 0.3) is 0 Å². The van der Waals surface area contributed by atoms with Crippen LogP contribution >= 0.6 is 0 Å². The maximum absolute atomic E-state index is 12.8. The van der Waals surface area contributed by atoms with E-state index in [-0.39, 0.29) is 35.8 Å². The topological polar surface area (TPSA) is 80.7 Å². The number of carbonyl (C=O) groups is 1. The third kappa shape index (κ3) is 3.38. The normalized spacial score (nSPS) is 27.3. The van der Waals surface area contributed by atoms with Crippen LogP contribution in [0, 0.1) is 5.92 Å². The molecule has 1 saturated carbocycles. The van der Waals surface area contributed by atoms with Crippen LogP contribution in [0.2, 0.25) is 0 Å². The van der Waals surface area contributed by atoms with Crippen LogP contribution < -0.4 is 0 Å². The zero-order valence-electron chi connectivity index (χ0n) is 14.1. The van der Waals surface area contributed by atoms with Gasteiger partial charge in [0.1, 0.15) is 11.5 Å². The van der Waals surface area contributed by atoms with Crippen molar-refractivity contribution in [2.24, 2.45) is 5.92 Å². The number of hydrogen-bond acceptors (Lipinski definition) is 5. The minimum absolute atomic E-state index is 0.00727. The predicted octanol–water partition coefficient (Wildman–Crippen LogP) is 2.83. The Morgan fingerprint density at radius 2 is 2.12 bits per heavy atom. The maximum Gasteiger partial charge on any atom is 0.290 e. The number of hydrogen-bond donors (Lipinski definition) is 0. The average Bonchev–Trinajstić information content (AvgIpc) is 3.02. The van der Waals surface area contributed by atoms with Gasteiger partial charge in [0.2, 0.25) is 0 Å². The summed E-state index contributed by atoms with van der Waals surface area (Å²) in [7, 11) is -3.10. The molecule has 0 N–H and O–H groups in total. The third-order valence-electron chi connectivity index (χ3n) is 5.13. The van der Waals surface area contributed by atoms with Gasteiger partial charge in [-0.15, -0.1) is 0 Å². The first-order chi connectivity index (χ1) is 11.9. The summed E-state index contributed by atoms with van der Waals surface area (Å²) in [5, 5.41) is 0. The smallest absolute Gasteiger partial charge is 0.290 e. The molecular weight excluding hydrogens is 342 g/mol. The summed E-state index contributed by atoms with van der Waals surface area (Å²) < 4.78 is 34.9. The van der Waals surface area contributed by atoms with Gasteiger partial charge in [0.25, 0.3) is 5.91 Å². The Morgan fingerprint density at radius 1 is 1.32 bits per heavy atom. The van der Waals surface area contributed by atoms with Gasteiger partial charge in [0, 0.05) is 12.0 Å². The Kier molecular flexibility index (Phi) is 3.98. The van der Waals surface area contributed by atoms with Crippen molar-refractivity contribution < 1.29 is 22.0 Å². The van der Waals surface area contributed by atoms with E-state index in [1.165, 1.54) is 6.26 Å². The standard InChI is InChI=1S/C18H21NO5S/c1-12-9-15(12)16-5-4-14(24-16)10-19(13-6-8-25(21,22)11-13)18(20)17-3-2-7-23-17/h2-5,7,12-13,15H,6,8-11H2,1H3. The number of sulfone groups is 1. The molecule has 3 atom stereocenters.